The summed E-state index contributed by atoms with van der Waals surface area (Å²) in [5.41, 5.74) is 7.69. The van der Waals surface area contributed by atoms with E-state index in [1.807, 2.05) is 24.3 Å². The lowest BCUT2D eigenvalue weighted by Crippen LogP contribution is -2.71. The van der Waals surface area contributed by atoms with Crippen LogP contribution in [0.4, 0.5) is 5.13 Å². The molecule has 2 aromatic carbocycles. The van der Waals surface area contributed by atoms with Gasteiger partial charge in [-0.3, -0.25) is 14.5 Å². The molecule has 54 heavy (non-hydrogen) atoms. The molecule has 0 radical (unpaired) electrons. The molecule has 1 saturated heterocycles. The van der Waals surface area contributed by atoms with Crippen LogP contribution in [-0.2, 0) is 50.1 Å². The van der Waals surface area contributed by atoms with Crippen LogP contribution in [0.1, 0.15) is 54.6 Å². The Morgan fingerprint density at radius 3 is 2.24 bits per heavy atom. The summed E-state index contributed by atoms with van der Waals surface area (Å²) in [6.45, 7) is 4.23. The van der Waals surface area contributed by atoms with E-state index >= 15 is 0 Å². The number of thiazole rings is 1. The minimum absolute atomic E-state index is 0.0203. The summed E-state index contributed by atoms with van der Waals surface area (Å²) in [5, 5.41) is 47.3. The van der Waals surface area contributed by atoms with Gasteiger partial charge in [0, 0.05) is 27.8 Å². The van der Waals surface area contributed by atoms with Crippen molar-refractivity contribution in [2.24, 2.45) is 5.16 Å². The van der Waals surface area contributed by atoms with Gasteiger partial charge in [-0.05, 0) is 44.2 Å². The monoisotopic (exact) mass is 819 g/mol. The smallest absolute Gasteiger partial charge is 0.352 e. The van der Waals surface area contributed by atoms with Gasteiger partial charge in [-0.25, -0.2) is 14.6 Å². The number of nitrogens with one attached hydrogen (secondary N) is 1. The number of thioether (sulfide) groups is 1. The Labute approximate surface area is 327 Å². The van der Waals surface area contributed by atoms with Crippen molar-refractivity contribution in [2.75, 3.05) is 18.5 Å². The standard InChI is InChI=1S/C35H36Cl2N6O9S2/c1-35(2,33(50)51)52-41-24(21-15-54-34(38)39-21)29(46)40-25-30(47)42-26(32(48)49)18(14-53-31(25)42)6-4-5-16-7-9-17(10-8-16)11-43(3)12-19-20(13-43)23(37)28(45)27(44)22(19)36/h7-10,15,25,31H,4-6,11-14H2,1-3H3,(H6-,38,39,40,41,44,45,46,48,49,50,51)/p+1/t25-,31-/m1/s1. The number of aromatic hydroxyl groups is 2. The predicted octanol–water partition coefficient (Wildman–Crippen LogP) is 4.45. The first-order valence-electron chi connectivity index (χ1n) is 16.6. The average molecular weight is 821 g/mol. The summed E-state index contributed by atoms with van der Waals surface area (Å²) in [7, 11) is 2.06. The number of carboxylic acid groups (broad SMARTS) is 2. The Kier molecular flexibility index (Phi) is 10.8. The molecule has 6 rings (SSSR count). The maximum atomic E-state index is 13.4. The largest absolute Gasteiger partial charge is 0.503 e. The third kappa shape index (κ3) is 7.55. The molecule has 3 aliphatic heterocycles. The molecule has 0 spiro atoms. The lowest BCUT2D eigenvalue weighted by atomic mass is 9.98. The highest BCUT2D eigenvalue weighted by molar-refractivity contribution is 8.00. The van der Waals surface area contributed by atoms with Gasteiger partial charge >= 0.3 is 11.9 Å². The van der Waals surface area contributed by atoms with Crippen LogP contribution in [0.2, 0.25) is 10.0 Å². The van der Waals surface area contributed by atoms with E-state index in [9.17, 15) is 39.6 Å². The summed E-state index contributed by atoms with van der Waals surface area (Å²) in [6, 6.07) is 7.05. The zero-order valence-electron chi connectivity index (χ0n) is 29.3. The molecule has 2 amide bonds. The van der Waals surface area contributed by atoms with Crippen molar-refractivity contribution >= 4 is 80.9 Å². The number of carbonyl (C=O) groups excluding carboxylic acids is 2. The molecule has 1 aromatic heterocycles. The number of fused-ring (bicyclic) bond motifs is 2. The molecule has 3 aromatic rings. The lowest BCUT2D eigenvalue weighted by molar-refractivity contribution is -0.941. The van der Waals surface area contributed by atoms with Gasteiger partial charge in [0.1, 0.15) is 42.4 Å². The normalized spacial score (nSPS) is 19.2. The second-order valence-electron chi connectivity index (χ2n) is 14.1. The van der Waals surface area contributed by atoms with Crippen LogP contribution in [-0.4, -0.2) is 94.1 Å². The van der Waals surface area contributed by atoms with Gasteiger partial charge in [0.25, 0.3) is 11.8 Å². The summed E-state index contributed by atoms with van der Waals surface area (Å²) in [6.07, 6.45) is 1.75. The molecule has 0 aliphatic carbocycles. The fourth-order valence-electron chi connectivity index (χ4n) is 6.66. The zero-order chi connectivity index (χ0) is 39.3. The van der Waals surface area contributed by atoms with Crippen LogP contribution >= 0.6 is 46.3 Å². The molecule has 3 aliphatic rings. The number of nitrogen functional groups attached to an aromatic ring is 1. The first-order valence-corrected chi connectivity index (χ1v) is 19.3. The minimum Gasteiger partial charge on any atom is -0.503 e. The molecule has 0 saturated carbocycles. The number of aromatic nitrogens is 1. The third-order valence-electron chi connectivity index (χ3n) is 9.54. The molecule has 19 heteroatoms. The Morgan fingerprint density at radius 1 is 1.07 bits per heavy atom. The topological polar surface area (TPSA) is 225 Å². The van der Waals surface area contributed by atoms with Crippen LogP contribution in [0.5, 0.6) is 11.5 Å². The number of aryl methyl sites for hydroxylation is 1. The van der Waals surface area contributed by atoms with Gasteiger partial charge in [-0.1, -0.05) is 52.6 Å². The second-order valence-corrected chi connectivity index (χ2v) is 16.8. The van der Waals surface area contributed by atoms with Crippen LogP contribution in [0, 0.1) is 0 Å². The molecular formula is C35H37Cl2N6O9S2+. The van der Waals surface area contributed by atoms with Crippen molar-refractivity contribution in [3.63, 3.8) is 0 Å². The number of nitrogens with zero attached hydrogens (tertiary/aromatic N) is 4. The van der Waals surface area contributed by atoms with Crippen molar-refractivity contribution in [2.45, 2.75) is 69.8 Å². The average Bonchev–Trinajstić information content (AvgIpc) is 3.71. The fraction of sp³-hybridized carbons (Fsp3) is 0.371. The molecule has 286 valence electrons. The third-order valence-corrected chi connectivity index (χ3v) is 12.4. The number of aliphatic carboxylic acids is 2. The van der Waals surface area contributed by atoms with E-state index < -0.39 is 52.3 Å². The highest BCUT2D eigenvalue weighted by Gasteiger charge is 2.54. The maximum absolute atomic E-state index is 13.4. The van der Waals surface area contributed by atoms with Crippen molar-refractivity contribution < 1.29 is 48.9 Å². The zero-order valence-corrected chi connectivity index (χ0v) is 32.4. The number of carboxylic acids is 2. The van der Waals surface area contributed by atoms with Crippen molar-refractivity contribution in [3.8, 4) is 11.5 Å². The fourth-order valence-corrected chi connectivity index (χ4v) is 9.12. The summed E-state index contributed by atoms with van der Waals surface area (Å²) in [4.78, 5) is 61.0. The molecule has 7 N–H and O–H groups in total. The van der Waals surface area contributed by atoms with Crippen LogP contribution in [0.3, 0.4) is 0 Å². The Hall–Kier alpha value is -4.55. The van der Waals surface area contributed by atoms with Gasteiger partial charge in [-0.2, -0.15) is 0 Å². The molecule has 4 heterocycles. The Morgan fingerprint density at radius 2 is 1.69 bits per heavy atom. The molecule has 0 bridgehead atoms. The number of rotatable bonds is 13. The summed E-state index contributed by atoms with van der Waals surface area (Å²) in [5.74, 6) is -4.52. The van der Waals surface area contributed by atoms with E-state index in [-0.39, 0.29) is 32.3 Å². The Bertz CT molecular complexity index is 2080. The van der Waals surface area contributed by atoms with Crippen LogP contribution in [0.15, 0.2) is 46.1 Å². The number of anilines is 1. The summed E-state index contributed by atoms with van der Waals surface area (Å²) < 4.78 is 0.552. The number of nitrogens with two attached hydrogens (primary N) is 1. The first kappa shape index (κ1) is 39.2. The van der Waals surface area contributed by atoms with Crippen molar-refractivity contribution in [1.29, 1.82) is 0 Å². The highest BCUT2D eigenvalue weighted by atomic mass is 35.5. The van der Waals surface area contributed by atoms with E-state index in [1.165, 1.54) is 35.9 Å². The van der Waals surface area contributed by atoms with E-state index in [4.69, 9.17) is 33.8 Å². The number of amides is 2. The van der Waals surface area contributed by atoms with E-state index in [0.29, 0.717) is 54.7 Å². The molecule has 15 nitrogen and oxygen atoms in total. The number of β-lactam (4-membered cyclic amide) rings is 1. The lowest BCUT2D eigenvalue weighted by Gasteiger charge is -2.49. The van der Waals surface area contributed by atoms with Gasteiger partial charge in [0.15, 0.2) is 22.3 Å². The molecule has 1 fully saturated rings. The van der Waals surface area contributed by atoms with Crippen molar-refractivity contribution in [3.05, 3.63) is 78.9 Å². The first-order chi connectivity index (χ1) is 25.4. The molecule has 2 atom stereocenters. The number of oxime groups is 1. The number of benzene rings is 2. The second kappa shape index (κ2) is 14.9. The van der Waals surface area contributed by atoms with Crippen LogP contribution < -0.4 is 11.1 Å². The van der Waals surface area contributed by atoms with Gasteiger partial charge in [0.05, 0.1) is 17.1 Å². The number of halogens is 2. The predicted molar refractivity (Wildman–Crippen MR) is 202 cm³/mol. The molecular weight excluding hydrogens is 783 g/mol. The molecule has 0 unspecified atom stereocenters. The Balaban J connectivity index is 1.07. The number of phenols is 2. The van der Waals surface area contributed by atoms with E-state index in [0.717, 1.165) is 33.6 Å². The minimum atomic E-state index is -1.78. The van der Waals surface area contributed by atoms with Gasteiger partial charge < -0.3 is 40.8 Å². The summed E-state index contributed by atoms with van der Waals surface area (Å²) >= 11 is 15.0. The van der Waals surface area contributed by atoms with Gasteiger partial charge in [0.2, 0.25) is 5.60 Å². The number of carbonyl (C=O) groups is 4. The van der Waals surface area contributed by atoms with Gasteiger partial charge in [-0.15, -0.1) is 23.1 Å². The van der Waals surface area contributed by atoms with Crippen LogP contribution in [0.25, 0.3) is 0 Å². The van der Waals surface area contributed by atoms with E-state index in [1.54, 1.807) is 0 Å². The van der Waals surface area contributed by atoms with Crippen molar-refractivity contribution in [1.82, 2.24) is 15.2 Å². The quantitative estimate of drug-likeness (QED) is 0.0463. The number of quaternary nitrogens is 1. The SMILES string of the molecule is CC(C)(O/N=C(\C(=O)N[C@@H]1C(=O)N2C(C(=O)O)=C(CCCc3ccc(C[N+]4(C)Cc5c(Cl)c(O)c(O)c(Cl)c5C4)cc3)CS[C@H]12)c1csc(N)n1)C(=O)O. The van der Waals surface area contributed by atoms with E-state index in [2.05, 4.69) is 22.5 Å². The maximum Gasteiger partial charge on any atom is 0.352 e. The number of hydrogen-bond acceptors (Lipinski definition) is 12. The number of phenolic OH excluding ortho intramolecular Hbond substituents is 2. The highest BCUT2D eigenvalue weighted by Crippen LogP contribution is 2.49. The number of hydrogen-bond donors (Lipinski definition) is 6.